The largest absolute Gasteiger partial charge is 0.265 e. The van der Waals surface area contributed by atoms with E-state index in [4.69, 9.17) is 0 Å². The lowest BCUT2D eigenvalue weighted by Crippen LogP contribution is -2.31. The number of nitro groups is 1. The maximum atomic E-state index is 11.0. The van der Waals surface area contributed by atoms with Crippen LogP contribution in [0.15, 0.2) is 42.5 Å². The van der Waals surface area contributed by atoms with Crippen molar-refractivity contribution < 1.29 is 4.92 Å². The van der Waals surface area contributed by atoms with E-state index >= 15 is 0 Å². The minimum absolute atomic E-state index is 0.00859. The Bertz CT molecular complexity index is 609. The van der Waals surface area contributed by atoms with Crippen molar-refractivity contribution in [3.05, 3.63) is 58.1 Å². The maximum Gasteiger partial charge on any atom is 0.213 e. The molecule has 3 heteroatoms. The molecule has 3 nitrogen and oxygen atoms in total. The van der Waals surface area contributed by atoms with Crippen LogP contribution in [0.5, 0.6) is 0 Å². The van der Waals surface area contributed by atoms with Crippen LogP contribution in [0.4, 0.5) is 0 Å². The van der Waals surface area contributed by atoms with E-state index in [1.165, 1.54) is 5.39 Å². The lowest BCUT2D eigenvalue weighted by Gasteiger charge is -2.26. The Labute approximate surface area is 119 Å². The van der Waals surface area contributed by atoms with Crippen molar-refractivity contribution in [3.63, 3.8) is 0 Å². The summed E-state index contributed by atoms with van der Waals surface area (Å²) in [5.41, 5.74) is 0.685. The highest BCUT2D eigenvalue weighted by Crippen LogP contribution is 2.32. The van der Waals surface area contributed by atoms with Gasteiger partial charge in [-0.15, -0.1) is 0 Å². The summed E-state index contributed by atoms with van der Waals surface area (Å²) in [5.74, 6) is 0. The molecule has 1 atom stereocenters. The lowest BCUT2D eigenvalue weighted by atomic mass is 9.77. The van der Waals surface area contributed by atoms with Crippen LogP contribution in [-0.2, 0) is 5.41 Å². The van der Waals surface area contributed by atoms with Crippen molar-refractivity contribution in [2.24, 2.45) is 0 Å². The molecule has 0 aromatic heterocycles. The van der Waals surface area contributed by atoms with Gasteiger partial charge in [0.05, 0.1) is 5.41 Å². The zero-order valence-electron chi connectivity index (χ0n) is 12.1. The van der Waals surface area contributed by atoms with E-state index in [9.17, 15) is 10.1 Å². The van der Waals surface area contributed by atoms with Gasteiger partial charge in [-0.05, 0) is 29.7 Å². The summed E-state index contributed by atoms with van der Waals surface area (Å²) in [4.78, 5) is 10.8. The predicted octanol–water partition coefficient (Wildman–Crippen LogP) is 4.56. The van der Waals surface area contributed by atoms with Gasteiger partial charge in [-0.2, -0.15) is 0 Å². The van der Waals surface area contributed by atoms with Crippen LogP contribution >= 0.6 is 0 Å². The van der Waals surface area contributed by atoms with Crippen LogP contribution < -0.4 is 0 Å². The average molecular weight is 271 g/mol. The quantitative estimate of drug-likeness (QED) is 0.570. The van der Waals surface area contributed by atoms with Crippen molar-refractivity contribution in [3.8, 4) is 0 Å². The van der Waals surface area contributed by atoms with E-state index in [1.807, 2.05) is 25.1 Å². The van der Waals surface area contributed by atoms with Crippen LogP contribution in [0.25, 0.3) is 10.8 Å². The second-order valence-corrected chi connectivity index (χ2v) is 5.72. The van der Waals surface area contributed by atoms with E-state index in [-0.39, 0.29) is 16.9 Å². The molecule has 0 heterocycles. The minimum Gasteiger partial charge on any atom is -0.265 e. The van der Waals surface area contributed by atoms with Crippen LogP contribution in [0.2, 0.25) is 0 Å². The highest BCUT2D eigenvalue weighted by Gasteiger charge is 2.32. The fourth-order valence-electron chi connectivity index (χ4n) is 2.73. The molecular weight excluding hydrogens is 250 g/mol. The topological polar surface area (TPSA) is 43.1 Å². The number of fused-ring (bicyclic) bond motifs is 1. The number of hydrogen-bond acceptors (Lipinski definition) is 2. The molecule has 0 unspecified atom stereocenters. The molecule has 106 valence electrons. The Morgan fingerprint density at radius 3 is 2.50 bits per heavy atom. The molecule has 20 heavy (non-hydrogen) atoms. The number of hydrogen-bond donors (Lipinski definition) is 0. The van der Waals surface area contributed by atoms with Gasteiger partial charge in [-0.25, -0.2) is 0 Å². The fourth-order valence-corrected chi connectivity index (χ4v) is 2.73. The Morgan fingerprint density at radius 1 is 1.15 bits per heavy atom. The van der Waals surface area contributed by atoms with Crippen LogP contribution in [0, 0.1) is 10.1 Å². The molecule has 0 fully saturated rings. The summed E-state index contributed by atoms with van der Waals surface area (Å²) in [6.45, 7) is 4.12. The number of nitrogens with zero attached hydrogens (tertiary/aromatic N) is 1. The minimum atomic E-state index is -0.385. The first-order valence-corrected chi connectivity index (χ1v) is 7.16. The molecule has 0 aliphatic carbocycles. The summed E-state index contributed by atoms with van der Waals surface area (Å²) in [5, 5.41) is 13.3. The van der Waals surface area contributed by atoms with E-state index in [2.05, 4.69) is 31.2 Å². The van der Waals surface area contributed by atoms with Crippen LogP contribution in [0.3, 0.4) is 0 Å². The van der Waals surface area contributed by atoms with E-state index < -0.39 is 0 Å². The molecule has 0 radical (unpaired) electrons. The number of rotatable bonds is 6. The van der Waals surface area contributed by atoms with E-state index in [0.717, 1.165) is 30.2 Å². The molecule has 0 aliphatic heterocycles. The van der Waals surface area contributed by atoms with Gasteiger partial charge in [0, 0.05) is 4.92 Å². The molecule has 0 saturated heterocycles. The summed E-state index contributed by atoms with van der Waals surface area (Å²) in [6, 6.07) is 14.4. The highest BCUT2D eigenvalue weighted by atomic mass is 16.6. The Morgan fingerprint density at radius 2 is 1.85 bits per heavy atom. The van der Waals surface area contributed by atoms with Crippen molar-refractivity contribution in [2.75, 3.05) is 6.54 Å². The van der Waals surface area contributed by atoms with Crippen molar-refractivity contribution in [1.82, 2.24) is 0 Å². The van der Waals surface area contributed by atoms with Gasteiger partial charge in [-0.1, -0.05) is 62.2 Å². The monoisotopic (exact) mass is 271 g/mol. The lowest BCUT2D eigenvalue weighted by molar-refractivity contribution is -0.490. The Balaban J connectivity index is 2.41. The maximum absolute atomic E-state index is 11.0. The molecule has 0 spiro atoms. The molecule has 0 aliphatic rings. The molecule has 2 aromatic rings. The second-order valence-electron chi connectivity index (χ2n) is 5.72. The smallest absolute Gasteiger partial charge is 0.213 e. The van der Waals surface area contributed by atoms with Crippen molar-refractivity contribution in [1.29, 1.82) is 0 Å². The normalized spacial score (nSPS) is 14.1. The SMILES string of the molecule is CCCC[C@](C)(C[N+](=O)[O-])c1ccc2ccccc2c1. The van der Waals surface area contributed by atoms with Gasteiger partial charge in [0.15, 0.2) is 0 Å². The Kier molecular flexibility index (Phi) is 4.38. The fraction of sp³-hybridized carbons (Fsp3) is 0.412. The van der Waals surface area contributed by atoms with Gasteiger partial charge < -0.3 is 0 Å². The predicted molar refractivity (Wildman–Crippen MR) is 82.7 cm³/mol. The summed E-state index contributed by atoms with van der Waals surface area (Å²) in [6.07, 6.45) is 2.92. The zero-order chi connectivity index (χ0) is 14.6. The standard InChI is InChI=1S/C17H21NO2/c1-3-4-11-17(2,13-18(19)20)16-10-9-14-7-5-6-8-15(14)12-16/h5-10,12H,3-4,11,13H2,1-2H3/t17-/m1/s1. The third kappa shape index (κ3) is 3.16. The third-order valence-electron chi connectivity index (χ3n) is 4.01. The molecular formula is C17H21NO2. The molecule has 0 saturated carbocycles. The van der Waals surface area contributed by atoms with Gasteiger partial charge in [-0.3, -0.25) is 10.1 Å². The summed E-state index contributed by atoms with van der Waals surface area (Å²) < 4.78 is 0. The van der Waals surface area contributed by atoms with Gasteiger partial charge in [0.1, 0.15) is 0 Å². The summed E-state index contributed by atoms with van der Waals surface area (Å²) in [7, 11) is 0. The van der Waals surface area contributed by atoms with Crippen LogP contribution in [0.1, 0.15) is 38.7 Å². The second kappa shape index (κ2) is 6.04. The molecule has 2 rings (SSSR count). The first kappa shape index (κ1) is 14.5. The molecule has 0 bridgehead atoms. The van der Waals surface area contributed by atoms with Gasteiger partial charge >= 0.3 is 0 Å². The first-order chi connectivity index (χ1) is 9.55. The third-order valence-corrected chi connectivity index (χ3v) is 4.01. The van der Waals surface area contributed by atoms with Gasteiger partial charge in [0.25, 0.3) is 0 Å². The van der Waals surface area contributed by atoms with Crippen molar-refractivity contribution in [2.45, 2.75) is 38.5 Å². The zero-order valence-corrected chi connectivity index (χ0v) is 12.1. The molecule has 0 N–H and O–H groups in total. The number of unbranched alkanes of at least 4 members (excludes halogenated alkanes) is 1. The first-order valence-electron chi connectivity index (χ1n) is 7.16. The van der Waals surface area contributed by atoms with E-state index in [0.29, 0.717) is 0 Å². The number of benzene rings is 2. The molecule has 2 aromatic carbocycles. The highest BCUT2D eigenvalue weighted by molar-refractivity contribution is 5.83. The Hall–Kier alpha value is -1.90. The van der Waals surface area contributed by atoms with Crippen molar-refractivity contribution >= 4 is 10.8 Å². The summed E-state index contributed by atoms with van der Waals surface area (Å²) >= 11 is 0. The molecule has 0 amide bonds. The average Bonchev–Trinajstić information content (AvgIpc) is 2.44. The van der Waals surface area contributed by atoms with Gasteiger partial charge in [0.2, 0.25) is 6.54 Å². The van der Waals surface area contributed by atoms with Crippen LogP contribution in [-0.4, -0.2) is 11.5 Å². The van der Waals surface area contributed by atoms with E-state index in [1.54, 1.807) is 0 Å².